The Morgan fingerprint density at radius 1 is 1.27 bits per heavy atom. The van der Waals surface area contributed by atoms with Crippen molar-refractivity contribution < 1.29 is 9.59 Å². The first-order chi connectivity index (χ1) is 10.6. The predicted octanol–water partition coefficient (Wildman–Crippen LogP) is 1.70. The summed E-state index contributed by atoms with van der Waals surface area (Å²) in [6.45, 7) is 2.96. The number of nitrogens with zero attached hydrogens (tertiary/aromatic N) is 2. The highest BCUT2D eigenvalue weighted by atomic mass is 16.2. The van der Waals surface area contributed by atoms with Crippen LogP contribution in [0.1, 0.15) is 30.9 Å². The maximum atomic E-state index is 11.9. The number of rotatable bonds is 3. The van der Waals surface area contributed by atoms with Crippen LogP contribution in [0.4, 0.5) is 0 Å². The largest absolute Gasteiger partial charge is 0.350 e. The lowest BCUT2D eigenvalue weighted by molar-refractivity contribution is -0.129. The Hall–Kier alpha value is -2.61. The van der Waals surface area contributed by atoms with E-state index in [0.29, 0.717) is 18.7 Å². The van der Waals surface area contributed by atoms with Gasteiger partial charge in [-0.15, -0.1) is 0 Å². The molecule has 1 saturated heterocycles. The molecule has 0 spiro atoms. The summed E-state index contributed by atoms with van der Waals surface area (Å²) in [6.07, 6.45) is 4.80. The minimum Gasteiger partial charge on any atom is -0.350 e. The van der Waals surface area contributed by atoms with Crippen LogP contribution in [0.2, 0.25) is 0 Å². The summed E-state index contributed by atoms with van der Waals surface area (Å²) in [5.41, 5.74) is 1.47. The lowest BCUT2D eigenvalue weighted by Gasteiger charge is -2.31. The van der Waals surface area contributed by atoms with Gasteiger partial charge in [0.25, 0.3) is 0 Å². The van der Waals surface area contributed by atoms with Gasteiger partial charge in [0.15, 0.2) is 0 Å². The number of carbonyl (C=O) groups excluding carboxylic acids is 2. The first-order valence-corrected chi connectivity index (χ1v) is 7.33. The van der Waals surface area contributed by atoms with Gasteiger partial charge in [-0.25, -0.2) is 0 Å². The van der Waals surface area contributed by atoms with E-state index in [4.69, 9.17) is 5.26 Å². The van der Waals surface area contributed by atoms with Gasteiger partial charge in [0.1, 0.15) is 0 Å². The van der Waals surface area contributed by atoms with E-state index in [2.05, 4.69) is 11.4 Å². The maximum absolute atomic E-state index is 11.9. The quantitative estimate of drug-likeness (QED) is 0.863. The topological polar surface area (TPSA) is 73.2 Å². The molecule has 0 radical (unpaired) electrons. The molecule has 114 valence electrons. The molecule has 1 aliphatic rings. The maximum Gasteiger partial charge on any atom is 0.244 e. The van der Waals surface area contributed by atoms with E-state index >= 15 is 0 Å². The van der Waals surface area contributed by atoms with Crippen LogP contribution in [-0.2, 0) is 9.59 Å². The number of carbonyl (C=O) groups is 2. The normalized spacial score (nSPS) is 15.5. The van der Waals surface area contributed by atoms with E-state index in [0.717, 1.165) is 18.4 Å². The molecule has 0 saturated carbocycles. The molecule has 1 N–H and O–H groups in total. The predicted molar refractivity (Wildman–Crippen MR) is 83.6 cm³/mol. The monoisotopic (exact) mass is 297 g/mol. The summed E-state index contributed by atoms with van der Waals surface area (Å²) >= 11 is 0. The van der Waals surface area contributed by atoms with E-state index in [1.165, 1.54) is 6.08 Å². The zero-order valence-corrected chi connectivity index (χ0v) is 12.6. The summed E-state index contributed by atoms with van der Waals surface area (Å²) in [5, 5.41) is 11.7. The second kappa shape index (κ2) is 7.41. The van der Waals surface area contributed by atoms with Gasteiger partial charge in [-0.1, -0.05) is 12.1 Å². The Bertz CT molecular complexity index is 606. The fourth-order valence-electron chi connectivity index (χ4n) is 2.43. The Kier molecular flexibility index (Phi) is 5.31. The van der Waals surface area contributed by atoms with Gasteiger partial charge in [-0.3, -0.25) is 9.59 Å². The molecule has 2 amide bonds. The van der Waals surface area contributed by atoms with Crippen molar-refractivity contribution in [3.05, 3.63) is 41.5 Å². The fourth-order valence-corrected chi connectivity index (χ4v) is 2.43. The smallest absolute Gasteiger partial charge is 0.244 e. The standard InChI is InChI=1S/C17H19N3O2/c1-13(21)20-10-8-16(9-11-20)19-17(22)7-6-14-2-4-15(12-18)5-3-14/h2-7,16H,8-11H2,1H3,(H,19,22)/b7-6+. The van der Waals surface area contributed by atoms with Crippen LogP contribution < -0.4 is 5.32 Å². The number of hydrogen-bond donors (Lipinski definition) is 1. The molecular weight excluding hydrogens is 278 g/mol. The van der Waals surface area contributed by atoms with Gasteiger partial charge < -0.3 is 10.2 Å². The number of nitriles is 1. The molecule has 2 rings (SSSR count). The highest BCUT2D eigenvalue weighted by Crippen LogP contribution is 2.10. The molecule has 1 fully saturated rings. The molecule has 0 aliphatic carbocycles. The van der Waals surface area contributed by atoms with Crippen molar-refractivity contribution in [1.82, 2.24) is 10.2 Å². The third-order valence-electron chi connectivity index (χ3n) is 3.75. The summed E-state index contributed by atoms with van der Waals surface area (Å²) in [5.74, 6) is -0.0453. The number of hydrogen-bond acceptors (Lipinski definition) is 3. The first kappa shape index (κ1) is 15.8. The van der Waals surface area contributed by atoms with Gasteiger partial charge in [0, 0.05) is 32.1 Å². The number of amides is 2. The van der Waals surface area contributed by atoms with Crippen LogP contribution in [-0.4, -0.2) is 35.8 Å². The highest BCUT2D eigenvalue weighted by molar-refractivity contribution is 5.91. The van der Waals surface area contributed by atoms with Gasteiger partial charge in [-0.2, -0.15) is 5.26 Å². The third kappa shape index (κ3) is 4.45. The van der Waals surface area contributed by atoms with Crippen LogP contribution in [0, 0.1) is 11.3 Å². The van der Waals surface area contributed by atoms with Crippen molar-refractivity contribution in [3.63, 3.8) is 0 Å². The van der Waals surface area contributed by atoms with E-state index in [1.807, 2.05) is 0 Å². The third-order valence-corrected chi connectivity index (χ3v) is 3.75. The molecule has 1 aromatic carbocycles. The van der Waals surface area contributed by atoms with Crippen LogP contribution in [0.25, 0.3) is 6.08 Å². The number of benzene rings is 1. The molecule has 1 aliphatic heterocycles. The Balaban J connectivity index is 1.81. The van der Waals surface area contributed by atoms with E-state index in [9.17, 15) is 9.59 Å². The van der Waals surface area contributed by atoms with Crippen molar-refractivity contribution in [2.75, 3.05) is 13.1 Å². The SMILES string of the molecule is CC(=O)N1CCC(NC(=O)/C=C/c2ccc(C#N)cc2)CC1. The zero-order valence-electron chi connectivity index (χ0n) is 12.6. The van der Waals surface area contributed by atoms with Crippen LogP contribution in [0.3, 0.4) is 0 Å². The van der Waals surface area contributed by atoms with E-state index in [1.54, 1.807) is 42.2 Å². The summed E-state index contributed by atoms with van der Waals surface area (Å²) in [7, 11) is 0. The average Bonchev–Trinajstić information content (AvgIpc) is 2.54. The average molecular weight is 297 g/mol. The number of nitrogens with one attached hydrogen (secondary N) is 1. The minimum atomic E-state index is -0.134. The Labute approximate surface area is 130 Å². The summed E-state index contributed by atoms with van der Waals surface area (Å²) in [6, 6.07) is 9.21. The Morgan fingerprint density at radius 3 is 2.45 bits per heavy atom. The molecule has 1 heterocycles. The summed E-state index contributed by atoms with van der Waals surface area (Å²) < 4.78 is 0. The van der Waals surface area contributed by atoms with Gasteiger partial charge in [0.2, 0.25) is 11.8 Å². The van der Waals surface area contributed by atoms with Gasteiger partial charge >= 0.3 is 0 Å². The van der Waals surface area contributed by atoms with E-state index in [-0.39, 0.29) is 17.9 Å². The van der Waals surface area contributed by atoms with Crippen molar-refractivity contribution in [3.8, 4) is 6.07 Å². The summed E-state index contributed by atoms with van der Waals surface area (Å²) in [4.78, 5) is 24.9. The fraction of sp³-hybridized carbons (Fsp3) is 0.353. The molecule has 5 heteroatoms. The van der Waals surface area contributed by atoms with Crippen LogP contribution >= 0.6 is 0 Å². The second-order valence-electron chi connectivity index (χ2n) is 5.36. The molecule has 0 aromatic heterocycles. The molecule has 0 atom stereocenters. The molecule has 0 unspecified atom stereocenters. The second-order valence-corrected chi connectivity index (χ2v) is 5.36. The molecular formula is C17H19N3O2. The van der Waals surface area contributed by atoms with Crippen molar-refractivity contribution >= 4 is 17.9 Å². The number of likely N-dealkylation sites (tertiary alicyclic amines) is 1. The highest BCUT2D eigenvalue weighted by Gasteiger charge is 2.21. The van der Waals surface area contributed by atoms with Crippen LogP contribution in [0.15, 0.2) is 30.3 Å². The molecule has 1 aromatic rings. The lowest BCUT2D eigenvalue weighted by atomic mass is 10.0. The van der Waals surface area contributed by atoms with Crippen molar-refractivity contribution in [2.24, 2.45) is 0 Å². The number of piperidine rings is 1. The zero-order chi connectivity index (χ0) is 15.9. The molecule has 5 nitrogen and oxygen atoms in total. The van der Waals surface area contributed by atoms with E-state index < -0.39 is 0 Å². The lowest BCUT2D eigenvalue weighted by Crippen LogP contribution is -2.45. The van der Waals surface area contributed by atoms with Gasteiger partial charge in [-0.05, 0) is 36.6 Å². The van der Waals surface area contributed by atoms with Crippen LogP contribution in [0.5, 0.6) is 0 Å². The van der Waals surface area contributed by atoms with Gasteiger partial charge in [0.05, 0.1) is 11.6 Å². The van der Waals surface area contributed by atoms with Crippen molar-refractivity contribution in [2.45, 2.75) is 25.8 Å². The molecule has 0 bridgehead atoms. The first-order valence-electron chi connectivity index (χ1n) is 7.33. The molecule has 22 heavy (non-hydrogen) atoms. The Morgan fingerprint density at radius 2 is 1.91 bits per heavy atom. The van der Waals surface area contributed by atoms with Crippen molar-refractivity contribution in [1.29, 1.82) is 5.26 Å². The minimum absolute atomic E-state index is 0.0884.